The molecule has 1 N–H and O–H groups in total. The van der Waals surface area contributed by atoms with Crippen LogP contribution in [0.3, 0.4) is 0 Å². The van der Waals surface area contributed by atoms with Crippen molar-refractivity contribution in [3.05, 3.63) is 53.6 Å². The Morgan fingerprint density at radius 3 is 2.41 bits per heavy atom. The smallest absolute Gasteiger partial charge is 0.244 e. The molecule has 0 aliphatic carbocycles. The van der Waals surface area contributed by atoms with Gasteiger partial charge >= 0.3 is 0 Å². The van der Waals surface area contributed by atoms with Crippen LogP contribution >= 0.6 is 0 Å². The molecule has 184 valence electrons. The topological polar surface area (TPSA) is 105 Å². The van der Waals surface area contributed by atoms with E-state index in [1.807, 2.05) is 45.0 Å². The lowest BCUT2D eigenvalue weighted by Crippen LogP contribution is -2.52. The first-order valence-corrected chi connectivity index (χ1v) is 12.8. The van der Waals surface area contributed by atoms with E-state index in [2.05, 4.69) is 5.32 Å². The number of fused-ring (bicyclic) bond motifs is 1. The molecule has 0 saturated carbocycles. The number of sulfonamides is 1. The Kier molecular flexibility index (Phi) is 7.71. The first-order chi connectivity index (χ1) is 16.0. The van der Waals surface area contributed by atoms with Gasteiger partial charge in [-0.2, -0.15) is 0 Å². The zero-order valence-electron chi connectivity index (χ0n) is 20.1. The summed E-state index contributed by atoms with van der Waals surface area (Å²) in [7, 11) is -3.82. The van der Waals surface area contributed by atoms with E-state index in [9.17, 15) is 18.0 Å². The van der Waals surface area contributed by atoms with E-state index >= 15 is 0 Å². The minimum atomic E-state index is -3.82. The Labute approximate surface area is 200 Å². The molecule has 2 amide bonds. The van der Waals surface area contributed by atoms with Gasteiger partial charge in [-0.3, -0.25) is 13.9 Å². The highest BCUT2D eigenvalue weighted by Crippen LogP contribution is 2.36. The highest BCUT2D eigenvalue weighted by atomic mass is 32.2. The highest BCUT2D eigenvalue weighted by molar-refractivity contribution is 7.92. The van der Waals surface area contributed by atoms with Gasteiger partial charge in [0.15, 0.2) is 11.5 Å². The van der Waals surface area contributed by atoms with Crippen molar-refractivity contribution in [2.24, 2.45) is 0 Å². The van der Waals surface area contributed by atoms with Crippen LogP contribution in [-0.2, 0) is 26.2 Å². The predicted octanol–water partition coefficient (Wildman–Crippen LogP) is 2.43. The molecule has 3 rings (SSSR count). The third-order valence-corrected chi connectivity index (χ3v) is 6.50. The van der Waals surface area contributed by atoms with Crippen molar-refractivity contribution in [1.29, 1.82) is 0 Å². The number of nitrogens with one attached hydrogen (secondary N) is 1. The van der Waals surface area contributed by atoms with Gasteiger partial charge in [0.1, 0.15) is 12.6 Å². The van der Waals surface area contributed by atoms with Gasteiger partial charge < -0.3 is 19.7 Å². The van der Waals surface area contributed by atoms with Gasteiger partial charge in [0.05, 0.1) is 11.9 Å². The van der Waals surface area contributed by atoms with Crippen LogP contribution in [0.4, 0.5) is 5.69 Å². The summed E-state index contributed by atoms with van der Waals surface area (Å²) in [4.78, 5) is 27.7. The van der Waals surface area contributed by atoms with Gasteiger partial charge in [0.25, 0.3) is 0 Å². The van der Waals surface area contributed by atoms with Crippen LogP contribution in [0.2, 0.25) is 0 Å². The molecule has 0 radical (unpaired) electrons. The van der Waals surface area contributed by atoms with Crippen LogP contribution in [0.25, 0.3) is 0 Å². The normalized spacial score (nSPS) is 13.5. The maximum Gasteiger partial charge on any atom is 0.244 e. The second kappa shape index (κ2) is 10.3. The first kappa shape index (κ1) is 25.4. The lowest BCUT2D eigenvalue weighted by Gasteiger charge is -2.32. The SMILES string of the molecule is Cc1cccc(CN(C(=O)CN(c2ccc3c(c2)OCO3)S(C)(=O)=O)[C@H](C)C(=O)NC(C)C)c1. The Hall–Kier alpha value is -3.27. The average molecular weight is 490 g/mol. The number of hydrogen-bond donors (Lipinski definition) is 1. The molecule has 0 bridgehead atoms. The molecule has 0 aromatic heterocycles. The van der Waals surface area contributed by atoms with Crippen molar-refractivity contribution >= 4 is 27.5 Å². The Morgan fingerprint density at radius 2 is 1.76 bits per heavy atom. The fraction of sp³-hybridized carbons (Fsp3) is 0.417. The number of carbonyl (C=O) groups is 2. The number of anilines is 1. The molecule has 1 aliphatic rings. The number of hydrogen-bond acceptors (Lipinski definition) is 6. The largest absolute Gasteiger partial charge is 0.454 e. The summed E-state index contributed by atoms with van der Waals surface area (Å²) in [6.07, 6.45) is 1.03. The molecule has 9 nitrogen and oxygen atoms in total. The minimum Gasteiger partial charge on any atom is -0.454 e. The molecule has 1 aliphatic heterocycles. The number of nitrogens with zero attached hydrogens (tertiary/aromatic N) is 2. The van der Waals surface area contributed by atoms with Crippen LogP contribution in [0.15, 0.2) is 42.5 Å². The molecule has 1 heterocycles. The molecular weight excluding hydrogens is 458 g/mol. The number of amides is 2. The Morgan fingerprint density at radius 1 is 1.06 bits per heavy atom. The first-order valence-electron chi connectivity index (χ1n) is 11.0. The molecule has 0 spiro atoms. The molecule has 0 unspecified atom stereocenters. The fourth-order valence-corrected chi connectivity index (χ4v) is 4.49. The van der Waals surface area contributed by atoms with Crippen molar-refractivity contribution < 1.29 is 27.5 Å². The van der Waals surface area contributed by atoms with Crippen molar-refractivity contribution in [2.45, 2.75) is 46.3 Å². The van der Waals surface area contributed by atoms with Crippen molar-refractivity contribution in [2.75, 3.05) is 23.9 Å². The lowest BCUT2D eigenvalue weighted by molar-refractivity contribution is -0.139. The van der Waals surface area contributed by atoms with Gasteiger partial charge in [-0.1, -0.05) is 29.8 Å². The number of aryl methyl sites for hydroxylation is 1. The third-order valence-electron chi connectivity index (χ3n) is 5.36. The summed E-state index contributed by atoms with van der Waals surface area (Å²) in [5, 5.41) is 2.82. The van der Waals surface area contributed by atoms with Crippen molar-refractivity contribution in [3.8, 4) is 11.5 Å². The zero-order valence-corrected chi connectivity index (χ0v) is 20.9. The predicted molar refractivity (Wildman–Crippen MR) is 129 cm³/mol. The average Bonchev–Trinajstić information content (AvgIpc) is 3.21. The molecule has 10 heteroatoms. The van der Waals surface area contributed by atoms with Crippen molar-refractivity contribution in [1.82, 2.24) is 10.2 Å². The Bertz CT molecular complexity index is 1170. The zero-order chi connectivity index (χ0) is 25.0. The lowest BCUT2D eigenvalue weighted by atomic mass is 10.1. The van der Waals surface area contributed by atoms with Crippen LogP contribution in [-0.4, -0.2) is 56.8 Å². The van der Waals surface area contributed by atoms with E-state index in [-0.39, 0.29) is 31.0 Å². The Balaban J connectivity index is 1.91. The fourth-order valence-electron chi connectivity index (χ4n) is 3.65. The number of carbonyl (C=O) groups excluding carboxylic acids is 2. The quantitative estimate of drug-likeness (QED) is 0.580. The van der Waals surface area contributed by atoms with Gasteiger partial charge in [-0.25, -0.2) is 8.42 Å². The van der Waals surface area contributed by atoms with Crippen LogP contribution < -0.4 is 19.1 Å². The monoisotopic (exact) mass is 489 g/mol. The highest BCUT2D eigenvalue weighted by Gasteiger charge is 2.31. The minimum absolute atomic E-state index is 0.0450. The van der Waals surface area contributed by atoms with Crippen molar-refractivity contribution in [3.63, 3.8) is 0 Å². The van der Waals surface area contributed by atoms with Crippen LogP contribution in [0, 0.1) is 6.92 Å². The van der Waals surface area contributed by atoms with E-state index in [0.717, 1.165) is 21.7 Å². The summed E-state index contributed by atoms with van der Waals surface area (Å²) >= 11 is 0. The third kappa shape index (κ3) is 6.19. The molecule has 2 aromatic rings. The summed E-state index contributed by atoms with van der Waals surface area (Å²) in [6, 6.07) is 11.4. The number of rotatable bonds is 9. The number of benzene rings is 2. The van der Waals surface area contributed by atoms with E-state index in [4.69, 9.17) is 9.47 Å². The van der Waals surface area contributed by atoms with E-state index in [0.29, 0.717) is 11.5 Å². The summed E-state index contributed by atoms with van der Waals surface area (Å²) in [5.41, 5.74) is 2.13. The maximum atomic E-state index is 13.5. The summed E-state index contributed by atoms with van der Waals surface area (Å²) < 4.78 is 37.0. The maximum absolute atomic E-state index is 13.5. The van der Waals surface area contributed by atoms with Crippen LogP contribution in [0.1, 0.15) is 31.9 Å². The molecule has 1 atom stereocenters. The number of ether oxygens (including phenoxy) is 2. The summed E-state index contributed by atoms with van der Waals surface area (Å²) in [6.45, 7) is 6.98. The van der Waals surface area contributed by atoms with E-state index in [1.54, 1.807) is 19.1 Å². The standard InChI is InChI=1S/C24H31N3O6S/c1-16(2)25-24(29)18(4)26(13-19-8-6-7-17(3)11-19)23(28)14-27(34(5,30)31)20-9-10-21-22(12-20)33-15-32-21/h6-12,16,18H,13-15H2,1-5H3,(H,25,29)/t18-/m1/s1. The van der Waals surface area contributed by atoms with E-state index in [1.165, 1.54) is 11.0 Å². The summed E-state index contributed by atoms with van der Waals surface area (Å²) in [5.74, 6) is 0.0875. The van der Waals surface area contributed by atoms with Gasteiger partial charge in [-0.15, -0.1) is 0 Å². The second-order valence-electron chi connectivity index (χ2n) is 8.66. The van der Waals surface area contributed by atoms with Crippen LogP contribution in [0.5, 0.6) is 11.5 Å². The van der Waals surface area contributed by atoms with Gasteiger partial charge in [0.2, 0.25) is 28.6 Å². The molecule has 2 aromatic carbocycles. The van der Waals surface area contributed by atoms with Gasteiger partial charge in [-0.05, 0) is 45.4 Å². The second-order valence-corrected chi connectivity index (χ2v) is 10.6. The molecule has 34 heavy (non-hydrogen) atoms. The molecular formula is C24H31N3O6S. The van der Waals surface area contributed by atoms with Gasteiger partial charge in [0, 0.05) is 18.7 Å². The molecule has 0 saturated heterocycles. The molecule has 0 fully saturated rings. The van der Waals surface area contributed by atoms with E-state index < -0.39 is 28.5 Å².